The lowest BCUT2D eigenvalue weighted by molar-refractivity contribution is -0.684. The number of pyridine rings is 1. The van der Waals surface area contributed by atoms with E-state index < -0.39 is 7.25 Å². The number of aromatic nitrogens is 1. The molecule has 0 atom stereocenters. The van der Waals surface area contributed by atoms with Crippen LogP contribution in [0.4, 0.5) is 17.3 Å². The Labute approximate surface area is 263 Å². The number of methoxy groups -OCH3 is 2. The van der Waals surface area contributed by atoms with E-state index in [0.717, 1.165) is 35.6 Å². The molecule has 1 aromatic heterocycles. The van der Waals surface area contributed by atoms with Gasteiger partial charge < -0.3 is 26.7 Å². The topological polar surface area (TPSA) is 22.3 Å². The molecule has 0 aliphatic heterocycles. The molecule has 6 aromatic carbocycles. The highest BCUT2D eigenvalue weighted by molar-refractivity contribution is 6.50. The molecule has 7 rings (SSSR count). The van der Waals surface area contributed by atoms with E-state index in [1.807, 2.05) is 24.3 Å². The second-order valence-corrected chi connectivity index (χ2v) is 11.1. The number of benzene rings is 6. The van der Waals surface area contributed by atoms with E-state index in [0.29, 0.717) is 5.88 Å². The number of nitrogens with zero attached hydrogens (tertiary/aromatic N) is 1. The van der Waals surface area contributed by atoms with E-state index in [1.54, 1.807) is 14.2 Å². The third-order valence-electron chi connectivity index (χ3n) is 8.04. The fourth-order valence-corrected chi connectivity index (χ4v) is 6.30. The summed E-state index contributed by atoms with van der Waals surface area (Å²) in [5, 5.41) is 10.2. The zero-order valence-corrected chi connectivity index (χ0v) is 25.4. The van der Waals surface area contributed by atoms with E-state index >= 15 is 0 Å². The molecule has 9 heteroatoms. The summed E-state index contributed by atoms with van der Waals surface area (Å²) in [5.41, 5.74) is 4.64. The predicted molar refractivity (Wildman–Crippen MR) is 177 cm³/mol. The van der Waals surface area contributed by atoms with Crippen LogP contribution in [0.25, 0.3) is 65.5 Å². The van der Waals surface area contributed by atoms with Crippen LogP contribution < -0.4 is 14.0 Å². The van der Waals surface area contributed by atoms with E-state index in [-0.39, 0.29) is 0 Å². The van der Waals surface area contributed by atoms with Gasteiger partial charge in [0.15, 0.2) is 6.20 Å². The van der Waals surface area contributed by atoms with Crippen molar-refractivity contribution in [3.8, 4) is 33.9 Å². The molecule has 3 nitrogen and oxygen atoms in total. The third kappa shape index (κ3) is 6.07. The summed E-state index contributed by atoms with van der Waals surface area (Å²) >= 11 is 6.25. The van der Waals surface area contributed by atoms with Gasteiger partial charge in [-0.1, -0.05) is 54.6 Å². The maximum atomic E-state index is 9.75. The zero-order valence-electron chi connectivity index (χ0n) is 24.7. The highest BCUT2D eigenvalue weighted by Gasteiger charge is 2.26. The smallest absolute Gasteiger partial charge is 0.497 e. The van der Waals surface area contributed by atoms with Crippen LogP contribution in [0.5, 0.6) is 11.5 Å². The first-order chi connectivity index (χ1) is 21.7. The van der Waals surface area contributed by atoms with Gasteiger partial charge in [-0.3, -0.25) is 0 Å². The van der Waals surface area contributed by atoms with Gasteiger partial charge in [0.1, 0.15) is 18.0 Å². The van der Waals surface area contributed by atoms with Crippen molar-refractivity contribution >= 4 is 61.9 Å². The van der Waals surface area contributed by atoms with Gasteiger partial charge in [-0.05, 0) is 80.3 Å². The molecule has 0 aliphatic rings. The van der Waals surface area contributed by atoms with E-state index in [1.165, 1.54) is 54.3 Å². The molecule has 0 amide bonds. The molecule has 0 aliphatic carbocycles. The highest BCUT2D eigenvalue weighted by atomic mass is 35.5. The van der Waals surface area contributed by atoms with Crippen molar-refractivity contribution in [3.63, 3.8) is 0 Å². The average Bonchev–Trinajstić information content (AvgIpc) is 3.04. The molecule has 0 N–H and O–H groups in total. The van der Waals surface area contributed by atoms with Crippen LogP contribution in [0.15, 0.2) is 103 Å². The molecule has 228 valence electrons. The first-order valence-electron chi connectivity index (χ1n) is 14.5. The van der Waals surface area contributed by atoms with Crippen molar-refractivity contribution in [3.05, 3.63) is 103 Å². The van der Waals surface area contributed by atoms with Crippen LogP contribution in [0.3, 0.4) is 0 Å². The summed E-state index contributed by atoms with van der Waals surface area (Å²) in [5.74, 6) is 2.28. The van der Waals surface area contributed by atoms with Gasteiger partial charge >= 0.3 is 7.25 Å². The molecule has 0 saturated heterocycles. The van der Waals surface area contributed by atoms with Crippen LogP contribution in [-0.2, 0) is 6.54 Å². The molecule has 0 bridgehead atoms. The quantitative estimate of drug-likeness (QED) is 0.0437. The maximum Gasteiger partial charge on any atom is 0.673 e. The minimum atomic E-state index is -6.00. The molecular weight excluding hydrogens is 601 g/mol. The summed E-state index contributed by atoms with van der Waals surface area (Å²) in [7, 11) is -2.59. The summed E-state index contributed by atoms with van der Waals surface area (Å²) in [6, 6.07) is 34.8. The lowest BCUT2D eigenvalue weighted by Crippen LogP contribution is -2.37. The number of aryl methyl sites for hydroxylation is 1. The molecule has 45 heavy (non-hydrogen) atoms. The number of rotatable bonds is 7. The maximum absolute atomic E-state index is 9.75. The molecule has 0 saturated carbocycles. The van der Waals surface area contributed by atoms with Crippen LogP contribution in [0, 0.1) is 0 Å². The van der Waals surface area contributed by atoms with Crippen LogP contribution in [0.1, 0.15) is 6.42 Å². The van der Waals surface area contributed by atoms with Gasteiger partial charge in [0.25, 0.3) is 0 Å². The van der Waals surface area contributed by atoms with E-state index in [9.17, 15) is 17.3 Å². The van der Waals surface area contributed by atoms with Gasteiger partial charge in [-0.2, -0.15) is 4.57 Å². The molecule has 7 aromatic rings. The fourth-order valence-electron chi connectivity index (χ4n) is 6.19. The molecular formula is C36H29BClF4NO2. The molecule has 0 fully saturated rings. The summed E-state index contributed by atoms with van der Waals surface area (Å²) < 4.78 is 52.4. The average molecular weight is 630 g/mol. The summed E-state index contributed by atoms with van der Waals surface area (Å²) in [6.45, 7) is 0.811. The largest absolute Gasteiger partial charge is 0.673 e. The van der Waals surface area contributed by atoms with Crippen molar-refractivity contribution < 1.29 is 31.3 Å². The van der Waals surface area contributed by atoms with Crippen molar-refractivity contribution in [1.82, 2.24) is 0 Å². The normalized spacial score (nSPS) is 11.7. The number of halogens is 5. The number of alkyl halides is 1. The standard InChI is InChI=1S/C36H29ClNO2.BF4/c1-39-28-14-9-25(10-15-28)35-31-21-27-8-7-23-5-3-6-24-13-18-30(34(27)33(23)24)32(31)22-38(20-4-19-37)36(35)26-11-16-29(40-2)17-12-26;2-1(3,4)5/h3,5-18,21-22H,4,19-20H2,1-2H3;/q+1;-1. The lowest BCUT2D eigenvalue weighted by atomic mass is 9.87. The van der Waals surface area contributed by atoms with Crippen molar-refractivity contribution in [2.24, 2.45) is 0 Å². The Balaban J connectivity index is 0.000000664. The van der Waals surface area contributed by atoms with Crippen LogP contribution >= 0.6 is 11.6 Å². The Morgan fingerprint density at radius 3 is 1.78 bits per heavy atom. The summed E-state index contributed by atoms with van der Waals surface area (Å²) in [6.07, 6.45) is 3.20. The van der Waals surface area contributed by atoms with Gasteiger partial charge in [0, 0.05) is 23.3 Å². The van der Waals surface area contributed by atoms with Gasteiger partial charge in [0.2, 0.25) is 5.69 Å². The number of fused-ring (bicyclic) bond motifs is 2. The number of ether oxygens (including phenoxy) is 2. The van der Waals surface area contributed by atoms with Crippen LogP contribution in [-0.4, -0.2) is 27.4 Å². The highest BCUT2D eigenvalue weighted by Crippen LogP contribution is 2.43. The Hall–Kier alpha value is -4.56. The lowest BCUT2D eigenvalue weighted by Gasteiger charge is -2.18. The Bertz CT molecular complexity index is 2100. The Morgan fingerprint density at radius 1 is 0.644 bits per heavy atom. The number of hydrogen-bond donors (Lipinski definition) is 0. The molecule has 0 radical (unpaired) electrons. The molecule has 0 spiro atoms. The van der Waals surface area contributed by atoms with E-state index in [4.69, 9.17) is 21.1 Å². The van der Waals surface area contributed by atoms with Crippen molar-refractivity contribution in [1.29, 1.82) is 0 Å². The minimum absolute atomic E-state index is 0.601. The third-order valence-corrected chi connectivity index (χ3v) is 8.31. The van der Waals surface area contributed by atoms with Crippen molar-refractivity contribution in [2.75, 3.05) is 20.1 Å². The Morgan fingerprint density at radius 2 is 1.20 bits per heavy atom. The molecule has 0 unspecified atom stereocenters. The summed E-state index contributed by atoms with van der Waals surface area (Å²) in [4.78, 5) is 0. The second kappa shape index (κ2) is 12.4. The SMILES string of the molecule is COc1ccc(-c2c(-c3ccc(OC)cc3)[n+](CCCCl)cc3c2cc2ccc4cccc5ccc3c2c45)cc1.F[B-](F)(F)F. The zero-order chi connectivity index (χ0) is 31.7. The first-order valence-corrected chi connectivity index (χ1v) is 15.0. The predicted octanol–water partition coefficient (Wildman–Crippen LogP) is 10.3. The minimum Gasteiger partial charge on any atom is -0.497 e. The van der Waals surface area contributed by atoms with E-state index in [2.05, 4.69) is 83.6 Å². The van der Waals surface area contributed by atoms with Gasteiger partial charge in [0.05, 0.1) is 25.2 Å². The van der Waals surface area contributed by atoms with Crippen LogP contribution in [0.2, 0.25) is 0 Å². The first kappa shape index (κ1) is 30.5. The Kier molecular flexibility index (Phi) is 8.43. The van der Waals surface area contributed by atoms with Gasteiger partial charge in [-0.15, -0.1) is 11.6 Å². The van der Waals surface area contributed by atoms with Crippen molar-refractivity contribution in [2.45, 2.75) is 13.0 Å². The molecule has 1 heterocycles. The fraction of sp³-hybridized carbons (Fsp3) is 0.139. The number of hydrogen-bond acceptors (Lipinski definition) is 2. The monoisotopic (exact) mass is 629 g/mol. The second-order valence-electron chi connectivity index (χ2n) is 10.7. The van der Waals surface area contributed by atoms with Gasteiger partial charge in [-0.25, -0.2) is 0 Å².